The number of ketones is 1. The van der Waals surface area contributed by atoms with Crippen LogP contribution in [0.4, 0.5) is 0 Å². The number of fused-ring (bicyclic) bond motifs is 1. The lowest BCUT2D eigenvalue weighted by molar-refractivity contribution is 0.0967. The molecule has 1 unspecified atom stereocenters. The third-order valence-electron chi connectivity index (χ3n) is 2.81. The van der Waals surface area contributed by atoms with Crippen LogP contribution >= 0.6 is 15.9 Å². The molecule has 0 N–H and O–H groups in total. The van der Waals surface area contributed by atoms with Gasteiger partial charge in [-0.25, -0.2) is 0 Å². The van der Waals surface area contributed by atoms with Gasteiger partial charge in [-0.1, -0.05) is 28.9 Å². The average Bonchev–Trinajstić information content (AvgIpc) is 2.27. The molecule has 0 heterocycles. The smallest absolute Gasteiger partial charge is 0.163 e. The molecule has 0 aliphatic heterocycles. The van der Waals surface area contributed by atoms with Crippen LogP contribution in [0.15, 0.2) is 22.7 Å². The predicted octanol–water partition coefficient (Wildman–Crippen LogP) is 3.60. The van der Waals surface area contributed by atoms with Crippen molar-refractivity contribution in [3.8, 4) is 0 Å². The summed E-state index contributed by atoms with van der Waals surface area (Å²) >= 11 is 3.41. The van der Waals surface area contributed by atoms with Crippen LogP contribution in [-0.2, 0) is 6.42 Å². The van der Waals surface area contributed by atoms with Gasteiger partial charge in [0.15, 0.2) is 5.78 Å². The second-order valence-corrected chi connectivity index (χ2v) is 4.99. The number of carbonyl (C=O) groups is 1. The first-order chi connectivity index (χ1) is 6.66. The first kappa shape index (κ1) is 9.91. The van der Waals surface area contributed by atoms with Gasteiger partial charge in [0.05, 0.1) is 0 Å². The number of hydrogen-bond donors (Lipinski definition) is 0. The Labute approximate surface area is 92.6 Å². The lowest BCUT2D eigenvalue weighted by atomic mass is 10.0. The fourth-order valence-corrected chi connectivity index (χ4v) is 2.32. The van der Waals surface area contributed by atoms with Crippen LogP contribution in [-0.4, -0.2) is 5.78 Å². The molecule has 2 rings (SSSR count). The highest BCUT2D eigenvalue weighted by atomic mass is 79.9. The molecule has 0 fully saturated rings. The third-order valence-corrected chi connectivity index (χ3v) is 3.31. The second-order valence-electron chi connectivity index (χ2n) is 4.07. The summed E-state index contributed by atoms with van der Waals surface area (Å²) in [7, 11) is 0. The standard InChI is InChI=1S/C12H13BrO/c1-8-2-3-9-4-5-10(13)7-11(9)12(14)6-8/h4-5,7-8H,2-3,6H2,1H3. The Morgan fingerprint density at radius 1 is 1.43 bits per heavy atom. The molecule has 0 saturated carbocycles. The summed E-state index contributed by atoms with van der Waals surface area (Å²) in [4.78, 5) is 11.8. The molecule has 1 aliphatic rings. The number of halogens is 1. The highest BCUT2D eigenvalue weighted by Gasteiger charge is 2.19. The molecule has 0 saturated heterocycles. The number of carbonyl (C=O) groups excluding carboxylic acids is 1. The van der Waals surface area contributed by atoms with Gasteiger partial charge in [-0.05, 0) is 36.5 Å². The zero-order chi connectivity index (χ0) is 10.1. The Morgan fingerprint density at radius 2 is 2.21 bits per heavy atom. The fourth-order valence-electron chi connectivity index (χ4n) is 1.96. The monoisotopic (exact) mass is 252 g/mol. The van der Waals surface area contributed by atoms with Crippen molar-refractivity contribution in [2.45, 2.75) is 26.2 Å². The van der Waals surface area contributed by atoms with Crippen LogP contribution in [0.2, 0.25) is 0 Å². The van der Waals surface area contributed by atoms with Crippen molar-refractivity contribution in [3.05, 3.63) is 33.8 Å². The summed E-state index contributed by atoms with van der Waals surface area (Å²) in [6, 6.07) is 6.03. The van der Waals surface area contributed by atoms with Crippen molar-refractivity contribution in [3.63, 3.8) is 0 Å². The van der Waals surface area contributed by atoms with Crippen LogP contribution in [0, 0.1) is 5.92 Å². The quantitative estimate of drug-likeness (QED) is 0.645. The summed E-state index contributed by atoms with van der Waals surface area (Å²) in [5.74, 6) is 0.819. The fraction of sp³-hybridized carbons (Fsp3) is 0.417. The predicted molar refractivity (Wildman–Crippen MR) is 60.6 cm³/mol. The van der Waals surface area contributed by atoms with Gasteiger partial charge in [-0.3, -0.25) is 4.79 Å². The zero-order valence-electron chi connectivity index (χ0n) is 8.22. The minimum Gasteiger partial charge on any atom is -0.294 e. The topological polar surface area (TPSA) is 17.1 Å². The van der Waals surface area contributed by atoms with Crippen molar-refractivity contribution in [1.82, 2.24) is 0 Å². The minimum atomic E-state index is 0.298. The van der Waals surface area contributed by atoms with E-state index in [4.69, 9.17) is 0 Å². The van der Waals surface area contributed by atoms with E-state index in [0.29, 0.717) is 18.1 Å². The summed E-state index contributed by atoms with van der Waals surface area (Å²) in [5.41, 5.74) is 2.13. The van der Waals surface area contributed by atoms with Crippen molar-refractivity contribution in [2.24, 2.45) is 5.92 Å². The summed E-state index contributed by atoms with van der Waals surface area (Å²) in [5, 5.41) is 0. The molecule has 1 nitrogen and oxygen atoms in total. The van der Waals surface area contributed by atoms with Crippen LogP contribution in [0.5, 0.6) is 0 Å². The minimum absolute atomic E-state index is 0.298. The molecule has 0 radical (unpaired) electrons. The molecule has 1 aromatic carbocycles. The largest absolute Gasteiger partial charge is 0.294 e. The Balaban J connectivity index is 2.44. The molecular weight excluding hydrogens is 240 g/mol. The van der Waals surface area contributed by atoms with E-state index in [-0.39, 0.29) is 0 Å². The van der Waals surface area contributed by atoms with Gasteiger partial charge >= 0.3 is 0 Å². The van der Waals surface area contributed by atoms with E-state index in [9.17, 15) is 4.79 Å². The average molecular weight is 253 g/mol. The lowest BCUT2D eigenvalue weighted by Crippen LogP contribution is -2.03. The molecule has 1 aromatic rings. The van der Waals surface area contributed by atoms with Crippen LogP contribution in [0.25, 0.3) is 0 Å². The molecule has 14 heavy (non-hydrogen) atoms. The van der Waals surface area contributed by atoms with Gasteiger partial charge in [0.25, 0.3) is 0 Å². The molecular formula is C12H13BrO. The lowest BCUT2D eigenvalue weighted by Gasteiger charge is -2.03. The Hall–Kier alpha value is -0.630. The molecule has 2 heteroatoms. The maximum absolute atomic E-state index is 11.8. The molecule has 1 atom stereocenters. The zero-order valence-corrected chi connectivity index (χ0v) is 9.80. The van der Waals surface area contributed by atoms with Crippen molar-refractivity contribution < 1.29 is 4.79 Å². The van der Waals surface area contributed by atoms with E-state index in [1.807, 2.05) is 12.1 Å². The Kier molecular flexibility index (Phi) is 2.73. The van der Waals surface area contributed by atoms with Gasteiger partial charge in [0.2, 0.25) is 0 Å². The highest BCUT2D eigenvalue weighted by Crippen LogP contribution is 2.26. The second kappa shape index (κ2) is 3.85. The van der Waals surface area contributed by atoms with Gasteiger partial charge in [-0.15, -0.1) is 0 Å². The summed E-state index contributed by atoms with van der Waals surface area (Å²) in [6.07, 6.45) is 2.86. The number of benzene rings is 1. The highest BCUT2D eigenvalue weighted by molar-refractivity contribution is 9.10. The van der Waals surface area contributed by atoms with Gasteiger partial charge < -0.3 is 0 Å². The van der Waals surface area contributed by atoms with Gasteiger partial charge in [0, 0.05) is 16.5 Å². The van der Waals surface area contributed by atoms with Crippen molar-refractivity contribution in [1.29, 1.82) is 0 Å². The number of hydrogen-bond acceptors (Lipinski definition) is 1. The Morgan fingerprint density at radius 3 is 3.00 bits per heavy atom. The van der Waals surface area contributed by atoms with E-state index in [1.54, 1.807) is 0 Å². The summed E-state index contributed by atoms with van der Waals surface area (Å²) < 4.78 is 0.999. The third kappa shape index (κ3) is 1.90. The molecule has 0 spiro atoms. The summed E-state index contributed by atoms with van der Waals surface area (Å²) in [6.45, 7) is 2.15. The first-order valence-corrected chi connectivity index (χ1v) is 5.78. The van der Waals surface area contributed by atoms with Crippen molar-refractivity contribution in [2.75, 3.05) is 0 Å². The Bertz CT molecular complexity index is 371. The normalized spacial score (nSPS) is 21.6. The van der Waals surface area contributed by atoms with E-state index in [2.05, 4.69) is 28.9 Å². The molecule has 74 valence electrons. The van der Waals surface area contributed by atoms with E-state index in [1.165, 1.54) is 5.56 Å². The van der Waals surface area contributed by atoms with E-state index in [0.717, 1.165) is 22.9 Å². The van der Waals surface area contributed by atoms with E-state index >= 15 is 0 Å². The van der Waals surface area contributed by atoms with Crippen LogP contribution in [0.3, 0.4) is 0 Å². The maximum Gasteiger partial charge on any atom is 0.163 e. The molecule has 0 bridgehead atoms. The van der Waals surface area contributed by atoms with Crippen molar-refractivity contribution >= 4 is 21.7 Å². The maximum atomic E-state index is 11.8. The SMILES string of the molecule is CC1CCc2ccc(Br)cc2C(=O)C1. The molecule has 0 aromatic heterocycles. The van der Waals surface area contributed by atoms with Crippen LogP contribution in [0.1, 0.15) is 35.7 Å². The van der Waals surface area contributed by atoms with Gasteiger partial charge in [-0.2, -0.15) is 0 Å². The van der Waals surface area contributed by atoms with E-state index < -0.39 is 0 Å². The molecule has 0 amide bonds. The number of aryl methyl sites for hydroxylation is 1. The number of Topliss-reactive ketones (excluding diaryl/α,β-unsaturated/α-hetero) is 1. The molecule has 1 aliphatic carbocycles. The van der Waals surface area contributed by atoms with Gasteiger partial charge in [0.1, 0.15) is 0 Å². The van der Waals surface area contributed by atoms with Crippen LogP contribution < -0.4 is 0 Å². The number of rotatable bonds is 0. The first-order valence-electron chi connectivity index (χ1n) is 4.98.